The molecule has 244 valence electrons. The van der Waals surface area contributed by atoms with Crippen molar-refractivity contribution in [2.45, 2.75) is 26.4 Å². The van der Waals surface area contributed by atoms with Crippen LogP contribution < -0.4 is 20.7 Å². The van der Waals surface area contributed by atoms with Crippen LogP contribution in [0, 0.1) is 13.8 Å². The topological polar surface area (TPSA) is 116 Å². The zero-order chi connectivity index (χ0) is 33.9. The van der Waals surface area contributed by atoms with E-state index in [1.54, 1.807) is 54.4 Å². The first-order valence-electron chi connectivity index (χ1n) is 14.9. The Morgan fingerprint density at radius 1 is 1.00 bits per heavy atom. The minimum absolute atomic E-state index is 0.0886. The Kier molecular flexibility index (Phi) is 9.52. The van der Waals surface area contributed by atoms with Crippen molar-refractivity contribution in [3.05, 3.63) is 106 Å². The number of benzene rings is 3. The average molecular weight is 646 g/mol. The highest BCUT2D eigenvalue weighted by atomic mass is 19.4. The van der Waals surface area contributed by atoms with E-state index in [-0.39, 0.29) is 17.4 Å². The normalized spacial score (nSPS) is 13.3. The number of aromatic amines is 1. The fraction of sp³-hybridized carbons (Fsp3) is 0.229. The number of alkyl halides is 3. The SMILES string of the molecule is CNCCCN(C)C(=O)c1c(C)[nH]c(/C=C2\C(=O)Nc3cc(Oc4cccc(NC(=O)c5cccc(C(F)(F)F)c5)c4)ccc32)c1C. The summed E-state index contributed by atoms with van der Waals surface area (Å²) < 4.78 is 45.2. The number of halogens is 3. The first-order valence-corrected chi connectivity index (χ1v) is 14.9. The first kappa shape index (κ1) is 33.0. The molecule has 0 saturated heterocycles. The molecule has 1 aliphatic heterocycles. The lowest BCUT2D eigenvalue weighted by Gasteiger charge is -2.17. The number of fused-ring (bicyclic) bond motifs is 1. The largest absolute Gasteiger partial charge is 0.457 e. The fourth-order valence-electron chi connectivity index (χ4n) is 5.36. The van der Waals surface area contributed by atoms with Crippen molar-refractivity contribution >= 4 is 40.7 Å². The van der Waals surface area contributed by atoms with Crippen LogP contribution in [-0.4, -0.2) is 54.8 Å². The molecule has 0 aliphatic carbocycles. The summed E-state index contributed by atoms with van der Waals surface area (Å²) in [6, 6.07) is 15.7. The van der Waals surface area contributed by atoms with Crippen LogP contribution in [0.15, 0.2) is 66.7 Å². The van der Waals surface area contributed by atoms with E-state index in [0.29, 0.717) is 51.8 Å². The van der Waals surface area contributed by atoms with Crippen molar-refractivity contribution in [1.29, 1.82) is 0 Å². The molecule has 0 fully saturated rings. The lowest BCUT2D eigenvalue weighted by molar-refractivity contribution is -0.137. The molecule has 12 heteroatoms. The Morgan fingerprint density at radius 3 is 2.49 bits per heavy atom. The number of H-pyrrole nitrogens is 1. The molecule has 47 heavy (non-hydrogen) atoms. The van der Waals surface area contributed by atoms with Crippen LogP contribution in [0.4, 0.5) is 24.5 Å². The highest BCUT2D eigenvalue weighted by Crippen LogP contribution is 2.38. The second-order valence-corrected chi connectivity index (χ2v) is 11.2. The molecule has 9 nitrogen and oxygen atoms in total. The quantitative estimate of drug-likeness (QED) is 0.111. The van der Waals surface area contributed by atoms with Crippen molar-refractivity contribution < 1.29 is 32.3 Å². The van der Waals surface area contributed by atoms with Crippen molar-refractivity contribution in [3.8, 4) is 11.5 Å². The lowest BCUT2D eigenvalue weighted by atomic mass is 10.0. The predicted molar refractivity (Wildman–Crippen MR) is 175 cm³/mol. The first-order chi connectivity index (χ1) is 22.3. The minimum atomic E-state index is -4.57. The van der Waals surface area contributed by atoms with Crippen LogP contribution in [0.3, 0.4) is 0 Å². The van der Waals surface area contributed by atoms with Gasteiger partial charge >= 0.3 is 6.18 Å². The number of amides is 3. The standard InChI is InChI=1S/C35H34F3N5O4/c1-20-29(40-21(2)31(20)34(46)43(4)15-7-14-39-3)19-28-27-13-12-26(18-30(27)42-33(28)45)47-25-11-6-10-24(17-25)41-32(44)22-8-5-9-23(16-22)35(36,37)38/h5-6,8-13,16-19,39-40H,7,14-15H2,1-4H3,(H,41,44)(H,42,45)/b28-19-. The van der Waals surface area contributed by atoms with Gasteiger partial charge in [0, 0.05) is 53.9 Å². The number of nitrogens with zero attached hydrogens (tertiary/aromatic N) is 1. The van der Waals surface area contributed by atoms with E-state index in [9.17, 15) is 27.6 Å². The minimum Gasteiger partial charge on any atom is -0.457 e. The van der Waals surface area contributed by atoms with Gasteiger partial charge in [-0.1, -0.05) is 12.1 Å². The number of aryl methyl sites for hydroxylation is 1. The maximum atomic E-state index is 13.2. The van der Waals surface area contributed by atoms with Gasteiger partial charge in [0.2, 0.25) is 0 Å². The molecule has 0 bridgehead atoms. The number of hydrogen-bond donors (Lipinski definition) is 4. The summed E-state index contributed by atoms with van der Waals surface area (Å²) in [5, 5.41) is 8.53. The van der Waals surface area contributed by atoms with Crippen molar-refractivity contribution in [2.75, 3.05) is 37.8 Å². The van der Waals surface area contributed by atoms with Gasteiger partial charge in [-0.25, -0.2) is 0 Å². The average Bonchev–Trinajstić information content (AvgIpc) is 3.49. The molecule has 3 aromatic carbocycles. The van der Waals surface area contributed by atoms with Gasteiger partial charge in [-0.15, -0.1) is 0 Å². The van der Waals surface area contributed by atoms with Gasteiger partial charge in [0.1, 0.15) is 11.5 Å². The molecule has 1 aromatic heterocycles. The number of hydrogen-bond acceptors (Lipinski definition) is 5. The molecule has 0 radical (unpaired) electrons. The Hall–Kier alpha value is -5.36. The summed E-state index contributed by atoms with van der Waals surface area (Å²) in [6.07, 6.45) is -2.01. The number of rotatable bonds is 10. The molecule has 4 aromatic rings. The molecular weight excluding hydrogens is 611 g/mol. The maximum absolute atomic E-state index is 13.2. The van der Waals surface area contributed by atoms with Crippen LogP contribution in [0.1, 0.15) is 55.2 Å². The molecule has 3 amide bonds. The summed E-state index contributed by atoms with van der Waals surface area (Å²) in [6.45, 7) is 5.10. The number of nitrogens with one attached hydrogen (secondary N) is 4. The second kappa shape index (κ2) is 13.6. The third kappa shape index (κ3) is 7.39. The highest BCUT2D eigenvalue weighted by Gasteiger charge is 2.31. The molecular formula is C35H34F3N5O4. The van der Waals surface area contributed by atoms with Crippen molar-refractivity contribution in [1.82, 2.24) is 15.2 Å². The molecule has 0 unspecified atom stereocenters. The number of anilines is 2. The van der Waals surface area contributed by atoms with E-state index in [1.807, 2.05) is 20.9 Å². The van der Waals surface area contributed by atoms with Crippen LogP contribution in [0.5, 0.6) is 11.5 Å². The van der Waals surface area contributed by atoms with Crippen molar-refractivity contribution in [2.24, 2.45) is 0 Å². The van der Waals surface area contributed by atoms with Gasteiger partial charge in [-0.2, -0.15) is 13.2 Å². The Labute approximate surface area is 269 Å². The van der Waals surface area contributed by atoms with Crippen LogP contribution in [0.2, 0.25) is 0 Å². The van der Waals surface area contributed by atoms with Gasteiger partial charge < -0.3 is 30.6 Å². The van der Waals surface area contributed by atoms with Gasteiger partial charge in [0.25, 0.3) is 17.7 Å². The van der Waals surface area contributed by atoms with Gasteiger partial charge in [-0.05, 0) is 88.0 Å². The predicted octanol–water partition coefficient (Wildman–Crippen LogP) is 6.87. The molecule has 0 spiro atoms. The maximum Gasteiger partial charge on any atom is 0.416 e. The Balaban J connectivity index is 1.31. The smallest absolute Gasteiger partial charge is 0.416 e. The van der Waals surface area contributed by atoms with Gasteiger partial charge in [-0.3, -0.25) is 14.4 Å². The fourth-order valence-corrected chi connectivity index (χ4v) is 5.36. The lowest BCUT2D eigenvalue weighted by Crippen LogP contribution is -2.30. The number of aromatic nitrogens is 1. The summed E-state index contributed by atoms with van der Waals surface area (Å²) >= 11 is 0. The summed E-state index contributed by atoms with van der Waals surface area (Å²) in [7, 11) is 3.64. The number of ether oxygens (including phenoxy) is 1. The monoisotopic (exact) mass is 645 g/mol. The number of carbonyl (C=O) groups is 3. The van der Waals surface area contributed by atoms with E-state index < -0.39 is 17.6 Å². The zero-order valence-corrected chi connectivity index (χ0v) is 26.3. The third-order valence-corrected chi connectivity index (χ3v) is 7.80. The van der Waals surface area contributed by atoms with Crippen LogP contribution in [0.25, 0.3) is 11.6 Å². The van der Waals surface area contributed by atoms with E-state index in [1.165, 1.54) is 18.2 Å². The molecule has 1 aliphatic rings. The third-order valence-electron chi connectivity index (χ3n) is 7.80. The van der Waals surface area contributed by atoms with Crippen LogP contribution >= 0.6 is 0 Å². The molecule has 0 saturated carbocycles. The van der Waals surface area contributed by atoms with Crippen molar-refractivity contribution in [3.63, 3.8) is 0 Å². The molecule has 2 heterocycles. The highest BCUT2D eigenvalue weighted by molar-refractivity contribution is 6.35. The van der Waals surface area contributed by atoms with E-state index in [2.05, 4.69) is 20.9 Å². The van der Waals surface area contributed by atoms with E-state index in [4.69, 9.17) is 4.74 Å². The van der Waals surface area contributed by atoms with Gasteiger partial charge in [0.15, 0.2) is 0 Å². The van der Waals surface area contributed by atoms with Gasteiger partial charge in [0.05, 0.1) is 22.4 Å². The molecule has 5 rings (SSSR count). The summed E-state index contributed by atoms with van der Waals surface area (Å²) in [4.78, 5) is 43.8. The molecule has 4 N–H and O–H groups in total. The molecule has 0 atom stereocenters. The zero-order valence-electron chi connectivity index (χ0n) is 26.3. The Bertz CT molecular complexity index is 1880. The van der Waals surface area contributed by atoms with E-state index in [0.717, 1.165) is 36.4 Å². The summed E-state index contributed by atoms with van der Waals surface area (Å²) in [5.41, 5.74) is 3.61. The van der Waals surface area contributed by atoms with Crippen LogP contribution in [-0.2, 0) is 11.0 Å². The number of carbonyl (C=O) groups excluding carboxylic acids is 3. The second-order valence-electron chi connectivity index (χ2n) is 11.2. The van der Waals surface area contributed by atoms with E-state index >= 15 is 0 Å². The Morgan fingerprint density at radius 2 is 1.74 bits per heavy atom. The summed E-state index contributed by atoms with van der Waals surface area (Å²) in [5.74, 6) is -0.326.